The zero-order chi connectivity index (χ0) is 13.3. The number of morpholine rings is 1. The van der Waals surface area contributed by atoms with E-state index in [4.69, 9.17) is 4.74 Å². The molecule has 0 N–H and O–H groups in total. The van der Waals surface area contributed by atoms with Gasteiger partial charge in [0, 0.05) is 12.1 Å². The lowest BCUT2D eigenvalue weighted by Crippen LogP contribution is -2.52. The standard InChI is InChI=1S/C12H16FNO3S/c1-9-7-17-8-10(2)14(9)18(15,16)12-5-3-11(13)4-6-12/h3-6,9-10H,7-8H2,1-2H3. The van der Waals surface area contributed by atoms with Gasteiger partial charge in [-0.15, -0.1) is 0 Å². The Bertz CT molecular complexity index is 505. The van der Waals surface area contributed by atoms with Crippen molar-refractivity contribution in [1.29, 1.82) is 0 Å². The predicted octanol–water partition coefficient (Wildman–Crippen LogP) is 1.62. The maximum atomic E-state index is 12.8. The average molecular weight is 273 g/mol. The van der Waals surface area contributed by atoms with Gasteiger partial charge in [0.1, 0.15) is 5.82 Å². The molecular weight excluding hydrogens is 257 g/mol. The summed E-state index contributed by atoms with van der Waals surface area (Å²) in [5, 5.41) is 0. The number of hydrogen-bond acceptors (Lipinski definition) is 3. The van der Waals surface area contributed by atoms with Gasteiger partial charge >= 0.3 is 0 Å². The molecule has 1 heterocycles. The Morgan fingerprint density at radius 3 is 2.17 bits per heavy atom. The highest BCUT2D eigenvalue weighted by Gasteiger charge is 2.36. The summed E-state index contributed by atoms with van der Waals surface area (Å²) in [6.45, 7) is 4.36. The molecule has 0 saturated carbocycles. The molecular formula is C12H16FNO3S. The molecule has 1 aliphatic heterocycles. The molecule has 1 aliphatic rings. The molecule has 18 heavy (non-hydrogen) atoms. The van der Waals surface area contributed by atoms with Crippen LogP contribution in [0.4, 0.5) is 4.39 Å². The molecule has 2 rings (SSSR count). The number of nitrogens with zero attached hydrogens (tertiary/aromatic N) is 1. The summed E-state index contributed by atoms with van der Waals surface area (Å²) in [5.41, 5.74) is 0. The van der Waals surface area contributed by atoms with E-state index in [1.165, 1.54) is 16.4 Å². The summed E-state index contributed by atoms with van der Waals surface area (Å²) in [6.07, 6.45) is 0. The van der Waals surface area contributed by atoms with Gasteiger partial charge in [-0.3, -0.25) is 0 Å². The van der Waals surface area contributed by atoms with Gasteiger partial charge in [0.2, 0.25) is 10.0 Å². The van der Waals surface area contributed by atoms with Crippen LogP contribution in [0.25, 0.3) is 0 Å². The second kappa shape index (κ2) is 4.95. The van der Waals surface area contributed by atoms with Crippen LogP contribution in [0.2, 0.25) is 0 Å². The van der Waals surface area contributed by atoms with Crippen LogP contribution in [-0.2, 0) is 14.8 Å². The van der Waals surface area contributed by atoms with E-state index in [1.807, 2.05) is 0 Å². The van der Waals surface area contributed by atoms with E-state index in [2.05, 4.69) is 0 Å². The minimum atomic E-state index is -3.59. The second-order valence-corrected chi connectivity index (χ2v) is 6.37. The fraction of sp³-hybridized carbons (Fsp3) is 0.500. The molecule has 2 unspecified atom stereocenters. The van der Waals surface area contributed by atoms with Gasteiger partial charge in [0.25, 0.3) is 0 Å². The third-order valence-corrected chi connectivity index (χ3v) is 5.12. The van der Waals surface area contributed by atoms with Crippen LogP contribution >= 0.6 is 0 Å². The fourth-order valence-electron chi connectivity index (χ4n) is 2.19. The van der Waals surface area contributed by atoms with E-state index in [9.17, 15) is 12.8 Å². The predicted molar refractivity (Wildman–Crippen MR) is 65.2 cm³/mol. The van der Waals surface area contributed by atoms with E-state index >= 15 is 0 Å². The molecule has 6 heteroatoms. The third kappa shape index (κ3) is 2.41. The first-order valence-electron chi connectivity index (χ1n) is 5.80. The zero-order valence-corrected chi connectivity index (χ0v) is 11.2. The highest BCUT2D eigenvalue weighted by molar-refractivity contribution is 7.89. The molecule has 1 saturated heterocycles. The molecule has 0 amide bonds. The summed E-state index contributed by atoms with van der Waals surface area (Å²) in [4.78, 5) is 0.115. The van der Waals surface area contributed by atoms with Crippen molar-refractivity contribution in [3.05, 3.63) is 30.1 Å². The molecule has 1 aromatic rings. The van der Waals surface area contributed by atoms with E-state index < -0.39 is 15.8 Å². The van der Waals surface area contributed by atoms with Crippen molar-refractivity contribution in [2.24, 2.45) is 0 Å². The maximum Gasteiger partial charge on any atom is 0.243 e. The molecule has 0 radical (unpaired) electrons. The number of ether oxygens (including phenoxy) is 1. The first-order valence-corrected chi connectivity index (χ1v) is 7.24. The van der Waals surface area contributed by atoms with Gasteiger partial charge < -0.3 is 4.74 Å². The van der Waals surface area contributed by atoms with Crippen LogP contribution in [0.5, 0.6) is 0 Å². The Kier molecular flexibility index (Phi) is 3.70. The minimum Gasteiger partial charge on any atom is -0.378 e. The zero-order valence-electron chi connectivity index (χ0n) is 10.3. The Hall–Kier alpha value is -0.980. The first kappa shape index (κ1) is 13.5. The second-order valence-electron chi connectivity index (χ2n) is 4.52. The monoisotopic (exact) mass is 273 g/mol. The van der Waals surface area contributed by atoms with Gasteiger partial charge in [-0.05, 0) is 38.1 Å². The normalized spacial score (nSPS) is 26.2. The molecule has 1 fully saturated rings. The fourth-order valence-corrected chi connectivity index (χ4v) is 3.99. The quantitative estimate of drug-likeness (QED) is 0.822. The van der Waals surface area contributed by atoms with Crippen LogP contribution in [-0.4, -0.2) is 38.0 Å². The smallest absolute Gasteiger partial charge is 0.243 e. The van der Waals surface area contributed by atoms with Crippen LogP contribution in [0.3, 0.4) is 0 Å². The minimum absolute atomic E-state index is 0.115. The van der Waals surface area contributed by atoms with Crippen LogP contribution in [0.15, 0.2) is 29.2 Å². The number of benzene rings is 1. The van der Waals surface area contributed by atoms with E-state index in [1.54, 1.807) is 13.8 Å². The topological polar surface area (TPSA) is 46.6 Å². The van der Waals surface area contributed by atoms with Crippen molar-refractivity contribution in [2.45, 2.75) is 30.8 Å². The van der Waals surface area contributed by atoms with Crippen molar-refractivity contribution >= 4 is 10.0 Å². The Labute approximate surface area is 106 Å². The van der Waals surface area contributed by atoms with Crippen molar-refractivity contribution in [3.63, 3.8) is 0 Å². The molecule has 4 nitrogen and oxygen atoms in total. The van der Waals surface area contributed by atoms with Gasteiger partial charge in [0.15, 0.2) is 0 Å². The Morgan fingerprint density at radius 1 is 1.17 bits per heavy atom. The van der Waals surface area contributed by atoms with Crippen molar-refractivity contribution in [2.75, 3.05) is 13.2 Å². The maximum absolute atomic E-state index is 12.8. The first-order chi connectivity index (χ1) is 8.43. The number of hydrogen-bond donors (Lipinski definition) is 0. The van der Waals surface area contributed by atoms with Crippen molar-refractivity contribution in [1.82, 2.24) is 4.31 Å². The lowest BCUT2D eigenvalue weighted by molar-refractivity contribution is 0.00636. The molecule has 1 aromatic carbocycles. The van der Waals surface area contributed by atoms with Crippen LogP contribution in [0.1, 0.15) is 13.8 Å². The van der Waals surface area contributed by atoms with Crippen molar-refractivity contribution in [3.8, 4) is 0 Å². The lowest BCUT2D eigenvalue weighted by Gasteiger charge is -2.37. The molecule has 0 aromatic heterocycles. The van der Waals surface area contributed by atoms with Crippen molar-refractivity contribution < 1.29 is 17.5 Å². The number of halogens is 1. The van der Waals surface area contributed by atoms with Crippen LogP contribution in [0, 0.1) is 5.82 Å². The third-order valence-electron chi connectivity index (χ3n) is 2.98. The van der Waals surface area contributed by atoms with Gasteiger partial charge in [-0.25, -0.2) is 12.8 Å². The van der Waals surface area contributed by atoms with Gasteiger partial charge in [-0.2, -0.15) is 4.31 Å². The summed E-state index contributed by atoms with van der Waals surface area (Å²) >= 11 is 0. The summed E-state index contributed by atoms with van der Waals surface area (Å²) in [6, 6.07) is 4.46. The largest absolute Gasteiger partial charge is 0.378 e. The number of sulfonamides is 1. The van der Waals surface area contributed by atoms with Gasteiger partial charge in [0.05, 0.1) is 18.1 Å². The summed E-state index contributed by atoms with van der Waals surface area (Å²) < 4.78 is 44.5. The van der Waals surface area contributed by atoms with Crippen LogP contribution < -0.4 is 0 Å². The Morgan fingerprint density at radius 2 is 1.67 bits per heavy atom. The molecule has 0 spiro atoms. The highest BCUT2D eigenvalue weighted by Crippen LogP contribution is 2.24. The van der Waals surface area contributed by atoms with Gasteiger partial charge in [-0.1, -0.05) is 0 Å². The SMILES string of the molecule is CC1COCC(C)N1S(=O)(=O)c1ccc(F)cc1. The van der Waals surface area contributed by atoms with E-state index in [0.29, 0.717) is 13.2 Å². The molecule has 100 valence electrons. The van der Waals surface area contributed by atoms with E-state index in [0.717, 1.165) is 12.1 Å². The summed E-state index contributed by atoms with van der Waals surface area (Å²) in [7, 11) is -3.59. The Balaban J connectivity index is 2.38. The molecule has 0 aliphatic carbocycles. The van der Waals surface area contributed by atoms with E-state index in [-0.39, 0.29) is 17.0 Å². The lowest BCUT2D eigenvalue weighted by atomic mass is 10.2. The summed E-state index contributed by atoms with van der Waals surface area (Å²) in [5.74, 6) is -0.447. The molecule has 2 atom stereocenters. The molecule has 0 bridgehead atoms. The highest BCUT2D eigenvalue weighted by atomic mass is 32.2. The average Bonchev–Trinajstić information content (AvgIpc) is 2.29. The number of rotatable bonds is 2.